The van der Waals surface area contributed by atoms with Gasteiger partial charge in [-0.2, -0.15) is 13.2 Å². The number of nitrogens with two attached hydrogens (primary N) is 1. The van der Waals surface area contributed by atoms with Crippen molar-refractivity contribution in [1.82, 2.24) is 14.8 Å². The van der Waals surface area contributed by atoms with Gasteiger partial charge in [-0.05, 0) is 0 Å². The van der Waals surface area contributed by atoms with E-state index in [1.54, 1.807) is 0 Å². The minimum atomic E-state index is -4.48. The molecule has 1 unspecified atom stereocenters. The number of alkyl halides is 3. The van der Waals surface area contributed by atoms with Crippen LogP contribution in [0.1, 0.15) is 11.6 Å². The highest BCUT2D eigenvalue weighted by Crippen LogP contribution is 2.29. The average Bonchev–Trinajstić information content (AvgIpc) is 2.59. The van der Waals surface area contributed by atoms with E-state index in [1.807, 2.05) is 0 Å². The minimum Gasteiger partial charge on any atom is -0.367 e. The monoisotopic (exact) mass is 222 g/mol. The first-order valence-electron chi connectivity index (χ1n) is 4.33. The number of rotatable bonds is 1. The van der Waals surface area contributed by atoms with Gasteiger partial charge in [-0.25, -0.2) is 0 Å². The number of hydrogen-bond acceptors (Lipinski definition) is 4. The van der Waals surface area contributed by atoms with Gasteiger partial charge in [-0.15, -0.1) is 10.2 Å². The summed E-state index contributed by atoms with van der Waals surface area (Å²) in [5.41, 5.74) is 5.33. The van der Waals surface area contributed by atoms with Crippen molar-refractivity contribution in [1.29, 1.82) is 0 Å². The molecular weight excluding hydrogens is 213 g/mol. The van der Waals surface area contributed by atoms with Crippen molar-refractivity contribution >= 4 is 0 Å². The normalized spacial score (nSPS) is 21.5. The van der Waals surface area contributed by atoms with Gasteiger partial charge in [0.05, 0.1) is 12.6 Å². The van der Waals surface area contributed by atoms with Crippen molar-refractivity contribution in [2.45, 2.75) is 25.4 Å². The molecule has 0 saturated heterocycles. The first-order valence-corrected chi connectivity index (χ1v) is 4.33. The summed E-state index contributed by atoms with van der Waals surface area (Å²) in [6.07, 6.45) is -4.89. The van der Waals surface area contributed by atoms with Crippen molar-refractivity contribution in [3.05, 3.63) is 11.6 Å². The smallest absolute Gasteiger partial charge is 0.367 e. The fraction of sp³-hybridized carbons (Fsp3) is 0.714. The van der Waals surface area contributed by atoms with E-state index in [-0.39, 0.29) is 25.5 Å². The fourth-order valence-electron chi connectivity index (χ4n) is 1.43. The SMILES string of the molecule is NCC1Cn2c(nnc2C(F)(F)F)CO1. The zero-order chi connectivity index (χ0) is 11.1. The Balaban J connectivity index is 2.34. The lowest BCUT2D eigenvalue weighted by Gasteiger charge is -2.23. The number of halogens is 3. The summed E-state index contributed by atoms with van der Waals surface area (Å²) in [5.74, 6) is -0.800. The molecule has 0 aromatic carbocycles. The highest BCUT2D eigenvalue weighted by molar-refractivity contribution is 5.01. The van der Waals surface area contributed by atoms with E-state index in [2.05, 4.69) is 10.2 Å². The van der Waals surface area contributed by atoms with Gasteiger partial charge in [0.25, 0.3) is 0 Å². The van der Waals surface area contributed by atoms with Crippen molar-refractivity contribution in [3.8, 4) is 0 Å². The summed E-state index contributed by atoms with van der Waals surface area (Å²) >= 11 is 0. The molecular formula is C7H9F3N4O. The average molecular weight is 222 g/mol. The zero-order valence-electron chi connectivity index (χ0n) is 7.66. The predicted octanol–water partition coefficient (Wildman–Crippen LogP) is 0.154. The van der Waals surface area contributed by atoms with Gasteiger partial charge in [0.15, 0.2) is 5.82 Å². The summed E-state index contributed by atoms with van der Waals surface area (Å²) in [4.78, 5) is 0. The maximum Gasteiger partial charge on any atom is 0.451 e. The largest absolute Gasteiger partial charge is 0.451 e. The van der Waals surface area contributed by atoms with Crippen molar-refractivity contribution in [3.63, 3.8) is 0 Å². The molecule has 1 aliphatic rings. The zero-order valence-corrected chi connectivity index (χ0v) is 7.66. The van der Waals surface area contributed by atoms with Crippen LogP contribution >= 0.6 is 0 Å². The molecule has 84 valence electrons. The second-order valence-corrected chi connectivity index (χ2v) is 3.22. The molecule has 0 radical (unpaired) electrons. The number of ether oxygens (including phenoxy) is 1. The van der Waals surface area contributed by atoms with Gasteiger partial charge in [0, 0.05) is 6.54 Å². The number of aromatic nitrogens is 3. The molecule has 5 nitrogen and oxygen atoms in total. The number of nitrogens with zero attached hydrogens (tertiary/aromatic N) is 3. The molecule has 15 heavy (non-hydrogen) atoms. The molecule has 0 aliphatic carbocycles. The van der Waals surface area contributed by atoms with Crippen LogP contribution in [0.3, 0.4) is 0 Å². The van der Waals surface area contributed by atoms with Crippen molar-refractivity contribution in [2.75, 3.05) is 6.54 Å². The van der Waals surface area contributed by atoms with Gasteiger partial charge in [-0.3, -0.25) is 0 Å². The Hall–Kier alpha value is -1.15. The minimum absolute atomic E-state index is 0.0188. The third-order valence-electron chi connectivity index (χ3n) is 2.18. The molecule has 2 heterocycles. The lowest BCUT2D eigenvalue weighted by molar-refractivity contribution is -0.149. The molecule has 0 bridgehead atoms. The molecule has 8 heteroatoms. The lowest BCUT2D eigenvalue weighted by atomic mass is 10.3. The van der Waals surface area contributed by atoms with Crippen LogP contribution in [0.15, 0.2) is 0 Å². The summed E-state index contributed by atoms with van der Waals surface area (Å²) in [6.45, 7) is 0.244. The van der Waals surface area contributed by atoms with E-state index < -0.39 is 18.1 Å². The molecule has 1 aromatic rings. The quantitative estimate of drug-likeness (QED) is 0.734. The summed E-state index contributed by atoms with van der Waals surface area (Å²) in [6, 6.07) is 0. The van der Waals surface area contributed by atoms with E-state index >= 15 is 0 Å². The van der Waals surface area contributed by atoms with Crippen molar-refractivity contribution in [2.24, 2.45) is 5.73 Å². The Morgan fingerprint density at radius 3 is 2.80 bits per heavy atom. The van der Waals surface area contributed by atoms with Crippen LogP contribution in [0, 0.1) is 0 Å². The molecule has 0 saturated carbocycles. The first kappa shape index (κ1) is 10.4. The molecule has 0 fully saturated rings. The van der Waals surface area contributed by atoms with Crippen LogP contribution in [-0.2, 0) is 24.1 Å². The van der Waals surface area contributed by atoms with E-state index in [4.69, 9.17) is 10.5 Å². The van der Waals surface area contributed by atoms with Crippen LogP contribution in [0.25, 0.3) is 0 Å². The van der Waals surface area contributed by atoms with Crippen LogP contribution in [0.4, 0.5) is 13.2 Å². The predicted molar refractivity (Wildman–Crippen MR) is 42.7 cm³/mol. The Morgan fingerprint density at radius 1 is 1.47 bits per heavy atom. The topological polar surface area (TPSA) is 66.0 Å². The third-order valence-corrected chi connectivity index (χ3v) is 2.18. The molecule has 2 rings (SSSR count). The Bertz CT molecular complexity index is 362. The van der Waals surface area contributed by atoms with E-state index in [0.717, 1.165) is 4.57 Å². The molecule has 0 spiro atoms. The molecule has 0 amide bonds. The standard InChI is InChI=1S/C7H9F3N4O/c8-7(9,10)6-13-12-5-3-15-4(1-11)2-14(5)6/h4H,1-3,11H2. The highest BCUT2D eigenvalue weighted by atomic mass is 19.4. The molecule has 1 atom stereocenters. The third kappa shape index (κ3) is 1.82. The molecule has 2 N–H and O–H groups in total. The van der Waals surface area contributed by atoms with Gasteiger partial charge in [0.1, 0.15) is 6.61 Å². The summed E-state index contributed by atoms with van der Waals surface area (Å²) < 4.78 is 43.5. The molecule has 1 aromatic heterocycles. The van der Waals surface area contributed by atoms with Crippen LogP contribution in [0.2, 0.25) is 0 Å². The van der Waals surface area contributed by atoms with Crippen LogP contribution in [-0.4, -0.2) is 27.4 Å². The maximum atomic E-state index is 12.4. The van der Waals surface area contributed by atoms with Gasteiger partial charge in [-0.1, -0.05) is 0 Å². The van der Waals surface area contributed by atoms with Gasteiger partial charge < -0.3 is 15.0 Å². The maximum absolute atomic E-state index is 12.4. The summed E-state index contributed by atoms with van der Waals surface area (Å²) in [7, 11) is 0. The Morgan fingerprint density at radius 2 is 2.20 bits per heavy atom. The second-order valence-electron chi connectivity index (χ2n) is 3.22. The van der Waals surface area contributed by atoms with Crippen LogP contribution < -0.4 is 5.73 Å². The fourth-order valence-corrected chi connectivity index (χ4v) is 1.43. The number of hydrogen-bond donors (Lipinski definition) is 1. The molecule has 1 aliphatic heterocycles. The first-order chi connectivity index (χ1) is 7.02. The Labute approximate surface area is 83.0 Å². The highest BCUT2D eigenvalue weighted by Gasteiger charge is 2.39. The number of fused-ring (bicyclic) bond motifs is 1. The van der Waals surface area contributed by atoms with Gasteiger partial charge >= 0.3 is 6.18 Å². The Kier molecular flexibility index (Phi) is 2.39. The summed E-state index contributed by atoms with van der Waals surface area (Å²) in [5, 5.41) is 6.52. The lowest BCUT2D eigenvalue weighted by Crippen LogP contribution is -2.35. The van der Waals surface area contributed by atoms with Gasteiger partial charge in [0.2, 0.25) is 5.82 Å². The van der Waals surface area contributed by atoms with Crippen molar-refractivity contribution < 1.29 is 17.9 Å². The van der Waals surface area contributed by atoms with E-state index in [0.29, 0.717) is 0 Å². The van der Waals surface area contributed by atoms with Crippen LogP contribution in [0.5, 0.6) is 0 Å². The van der Waals surface area contributed by atoms with E-state index in [1.165, 1.54) is 0 Å². The second kappa shape index (κ2) is 3.46. The van der Waals surface area contributed by atoms with E-state index in [9.17, 15) is 13.2 Å².